The molecule has 2 heterocycles. The first-order valence-electron chi connectivity index (χ1n) is 9.03. The van der Waals surface area contributed by atoms with Crippen molar-refractivity contribution in [2.75, 3.05) is 19.5 Å². The summed E-state index contributed by atoms with van der Waals surface area (Å²) in [7, 11) is 3.20. The van der Waals surface area contributed by atoms with E-state index in [1.165, 1.54) is 12.1 Å². The summed E-state index contributed by atoms with van der Waals surface area (Å²) in [5, 5.41) is 4.31. The number of ether oxygens (including phenoxy) is 2. The van der Waals surface area contributed by atoms with Crippen molar-refractivity contribution in [3.8, 4) is 22.6 Å². The van der Waals surface area contributed by atoms with Crippen LogP contribution in [-0.2, 0) is 0 Å². The number of rotatable bonds is 5. The third-order valence-corrected chi connectivity index (χ3v) is 5.62. The second kappa shape index (κ2) is 7.67. The molecule has 0 amide bonds. The Morgan fingerprint density at radius 2 is 1.66 bits per heavy atom. The van der Waals surface area contributed by atoms with Gasteiger partial charge in [0.05, 0.1) is 19.6 Å². The molecule has 0 fully saturated rings. The number of anilines is 2. The molecule has 2 aromatic heterocycles. The number of halogens is 1. The van der Waals surface area contributed by atoms with E-state index in [4.69, 9.17) is 9.47 Å². The molecule has 0 aliphatic carbocycles. The molecule has 0 saturated carbocycles. The number of fused-ring (bicyclic) bond motifs is 1. The Labute approximate surface area is 172 Å². The van der Waals surface area contributed by atoms with Crippen LogP contribution in [-0.4, -0.2) is 24.2 Å². The number of aryl methyl sites for hydroxylation is 2. The number of nitrogens with one attached hydrogen (secondary N) is 1. The first kappa shape index (κ1) is 19.1. The molecule has 0 spiro atoms. The zero-order chi connectivity index (χ0) is 20.5. The summed E-state index contributed by atoms with van der Waals surface area (Å²) in [4.78, 5) is 11.2. The number of aromatic nitrogens is 2. The number of methoxy groups -OCH3 is 2. The van der Waals surface area contributed by atoms with Gasteiger partial charge in [0.1, 0.15) is 22.3 Å². The monoisotopic (exact) mass is 409 g/mol. The van der Waals surface area contributed by atoms with Crippen LogP contribution in [0.3, 0.4) is 0 Å². The molecular weight excluding hydrogens is 389 g/mol. The van der Waals surface area contributed by atoms with Gasteiger partial charge in [-0.05, 0) is 43.7 Å². The fourth-order valence-corrected chi connectivity index (χ4v) is 4.41. The standard InChI is InChI=1S/C22H20FN3O2S/c1-12-19(14-5-7-15(23)8-6-14)20-21(24-13(2)25-22(20)29-12)26-16-9-10-17(27-3)18(11-16)28-4/h5-11H,1-4H3,(H,24,25,26). The lowest BCUT2D eigenvalue weighted by Gasteiger charge is -2.13. The van der Waals surface area contributed by atoms with E-state index in [-0.39, 0.29) is 5.82 Å². The van der Waals surface area contributed by atoms with Gasteiger partial charge in [0, 0.05) is 22.2 Å². The Kier molecular flexibility index (Phi) is 5.07. The predicted molar refractivity (Wildman–Crippen MR) is 115 cm³/mol. The molecule has 148 valence electrons. The van der Waals surface area contributed by atoms with E-state index < -0.39 is 0 Å². The van der Waals surface area contributed by atoms with Crippen molar-refractivity contribution in [3.63, 3.8) is 0 Å². The lowest BCUT2D eigenvalue weighted by molar-refractivity contribution is 0.355. The van der Waals surface area contributed by atoms with Crippen LogP contribution >= 0.6 is 11.3 Å². The van der Waals surface area contributed by atoms with Gasteiger partial charge < -0.3 is 14.8 Å². The highest BCUT2D eigenvalue weighted by atomic mass is 32.1. The highest BCUT2D eigenvalue weighted by Gasteiger charge is 2.18. The van der Waals surface area contributed by atoms with Crippen molar-refractivity contribution in [3.05, 3.63) is 59.0 Å². The molecule has 5 nitrogen and oxygen atoms in total. The van der Waals surface area contributed by atoms with Gasteiger partial charge in [0.2, 0.25) is 0 Å². The highest BCUT2D eigenvalue weighted by Crippen LogP contribution is 2.42. The molecule has 0 aliphatic heterocycles. The average Bonchev–Trinajstić information content (AvgIpc) is 3.04. The van der Waals surface area contributed by atoms with E-state index in [0.29, 0.717) is 23.1 Å². The fourth-order valence-electron chi connectivity index (χ4n) is 3.32. The van der Waals surface area contributed by atoms with Gasteiger partial charge in [-0.15, -0.1) is 11.3 Å². The Morgan fingerprint density at radius 1 is 0.931 bits per heavy atom. The molecule has 29 heavy (non-hydrogen) atoms. The Hall–Kier alpha value is -3.19. The maximum absolute atomic E-state index is 13.4. The number of hydrogen-bond acceptors (Lipinski definition) is 6. The predicted octanol–water partition coefficient (Wildman–Crippen LogP) is 5.88. The third kappa shape index (κ3) is 3.61. The molecule has 0 atom stereocenters. The molecule has 0 saturated heterocycles. The third-order valence-electron chi connectivity index (χ3n) is 4.62. The summed E-state index contributed by atoms with van der Waals surface area (Å²) in [5.41, 5.74) is 2.75. The molecule has 4 aromatic rings. The van der Waals surface area contributed by atoms with E-state index >= 15 is 0 Å². The van der Waals surface area contributed by atoms with Gasteiger partial charge in [0.15, 0.2) is 11.5 Å². The minimum Gasteiger partial charge on any atom is -0.493 e. The quantitative estimate of drug-likeness (QED) is 0.446. The van der Waals surface area contributed by atoms with Crippen molar-refractivity contribution >= 4 is 33.1 Å². The molecular formula is C22H20FN3O2S. The number of benzene rings is 2. The second-order valence-corrected chi connectivity index (χ2v) is 7.74. The largest absolute Gasteiger partial charge is 0.493 e. The summed E-state index contributed by atoms with van der Waals surface area (Å²) in [6.07, 6.45) is 0. The van der Waals surface area contributed by atoms with Crippen LogP contribution in [0.1, 0.15) is 10.7 Å². The minimum absolute atomic E-state index is 0.262. The van der Waals surface area contributed by atoms with Crippen molar-refractivity contribution in [1.82, 2.24) is 9.97 Å². The number of thiophene rings is 1. The van der Waals surface area contributed by atoms with Crippen molar-refractivity contribution in [2.24, 2.45) is 0 Å². The van der Waals surface area contributed by atoms with Crippen LogP contribution in [0.25, 0.3) is 21.3 Å². The van der Waals surface area contributed by atoms with Crippen LogP contribution in [0.5, 0.6) is 11.5 Å². The topological polar surface area (TPSA) is 56.3 Å². The highest BCUT2D eigenvalue weighted by molar-refractivity contribution is 7.19. The fraction of sp³-hybridized carbons (Fsp3) is 0.182. The van der Waals surface area contributed by atoms with Crippen LogP contribution in [0.15, 0.2) is 42.5 Å². The lowest BCUT2D eigenvalue weighted by Crippen LogP contribution is -1.99. The number of hydrogen-bond donors (Lipinski definition) is 1. The van der Waals surface area contributed by atoms with E-state index in [9.17, 15) is 4.39 Å². The first-order chi connectivity index (χ1) is 14.0. The summed E-state index contributed by atoms with van der Waals surface area (Å²) < 4.78 is 24.2. The average molecular weight is 409 g/mol. The van der Waals surface area contributed by atoms with E-state index in [1.807, 2.05) is 32.0 Å². The Bertz CT molecular complexity index is 1190. The SMILES string of the molecule is COc1ccc(Nc2nc(C)nc3sc(C)c(-c4ccc(F)cc4)c23)cc1OC. The molecule has 0 aliphatic rings. The summed E-state index contributed by atoms with van der Waals surface area (Å²) in [6.45, 7) is 3.91. The van der Waals surface area contributed by atoms with E-state index in [1.54, 1.807) is 37.7 Å². The molecule has 2 aromatic carbocycles. The first-order valence-corrected chi connectivity index (χ1v) is 9.84. The molecule has 0 radical (unpaired) electrons. The van der Waals surface area contributed by atoms with Gasteiger partial charge in [-0.25, -0.2) is 14.4 Å². The molecule has 0 bridgehead atoms. The van der Waals surface area contributed by atoms with Crippen molar-refractivity contribution < 1.29 is 13.9 Å². The van der Waals surface area contributed by atoms with Crippen LogP contribution in [0.4, 0.5) is 15.9 Å². The Morgan fingerprint density at radius 3 is 2.34 bits per heavy atom. The molecule has 1 N–H and O–H groups in total. The van der Waals surface area contributed by atoms with Gasteiger partial charge in [-0.1, -0.05) is 12.1 Å². The van der Waals surface area contributed by atoms with Crippen LogP contribution in [0, 0.1) is 19.7 Å². The van der Waals surface area contributed by atoms with Gasteiger partial charge in [0.25, 0.3) is 0 Å². The lowest BCUT2D eigenvalue weighted by atomic mass is 10.0. The van der Waals surface area contributed by atoms with E-state index in [2.05, 4.69) is 15.3 Å². The minimum atomic E-state index is -0.262. The maximum atomic E-state index is 13.4. The van der Waals surface area contributed by atoms with Crippen LogP contribution in [0.2, 0.25) is 0 Å². The normalized spacial score (nSPS) is 10.9. The number of nitrogens with zero attached hydrogens (tertiary/aromatic N) is 2. The van der Waals surface area contributed by atoms with E-state index in [0.717, 1.165) is 31.9 Å². The van der Waals surface area contributed by atoms with Crippen molar-refractivity contribution in [1.29, 1.82) is 0 Å². The second-order valence-electron chi connectivity index (χ2n) is 6.53. The summed E-state index contributed by atoms with van der Waals surface area (Å²) >= 11 is 1.60. The van der Waals surface area contributed by atoms with Gasteiger partial charge in [-0.3, -0.25) is 0 Å². The molecule has 7 heteroatoms. The summed E-state index contributed by atoms with van der Waals surface area (Å²) in [6, 6.07) is 12.1. The van der Waals surface area contributed by atoms with Crippen LogP contribution < -0.4 is 14.8 Å². The van der Waals surface area contributed by atoms with Gasteiger partial charge >= 0.3 is 0 Å². The molecule has 4 rings (SSSR count). The zero-order valence-corrected chi connectivity index (χ0v) is 17.4. The maximum Gasteiger partial charge on any atom is 0.162 e. The smallest absolute Gasteiger partial charge is 0.162 e. The molecule has 0 unspecified atom stereocenters. The Balaban J connectivity index is 1.87. The van der Waals surface area contributed by atoms with Crippen molar-refractivity contribution in [2.45, 2.75) is 13.8 Å². The summed E-state index contributed by atoms with van der Waals surface area (Å²) in [5.74, 6) is 2.39. The van der Waals surface area contributed by atoms with Gasteiger partial charge in [-0.2, -0.15) is 0 Å². The zero-order valence-electron chi connectivity index (χ0n) is 16.5.